The second-order valence-electron chi connectivity index (χ2n) is 5.43. The molecule has 0 atom stereocenters. The highest BCUT2D eigenvalue weighted by molar-refractivity contribution is 7.91. The van der Waals surface area contributed by atoms with E-state index in [0.29, 0.717) is 19.6 Å². The van der Waals surface area contributed by atoms with Gasteiger partial charge in [-0.05, 0) is 18.4 Å². The lowest BCUT2D eigenvalue weighted by Gasteiger charge is -2.31. The molecule has 0 aliphatic carbocycles. The third kappa shape index (κ3) is 4.74. The van der Waals surface area contributed by atoms with Crippen LogP contribution in [0.15, 0.2) is 30.3 Å². The molecule has 1 saturated heterocycles. The van der Waals surface area contributed by atoms with Crippen LogP contribution in [-0.2, 0) is 16.3 Å². The Bertz CT molecular complexity index is 558. The van der Waals surface area contributed by atoms with Crippen molar-refractivity contribution in [3.05, 3.63) is 35.9 Å². The maximum absolute atomic E-state index is 12.2. The molecule has 6 heteroatoms. The van der Waals surface area contributed by atoms with E-state index in [1.54, 1.807) is 16.8 Å². The maximum atomic E-state index is 12.2. The molecule has 1 fully saturated rings. The van der Waals surface area contributed by atoms with Crippen LogP contribution in [0.5, 0.6) is 0 Å². The van der Waals surface area contributed by atoms with E-state index < -0.39 is 9.84 Å². The molecule has 0 unspecified atom stereocenters. The zero-order chi connectivity index (χ0) is 15.3. The lowest BCUT2D eigenvalue weighted by Crippen LogP contribution is -2.48. The molecule has 2 amide bonds. The van der Waals surface area contributed by atoms with Gasteiger partial charge in [-0.3, -0.25) is 0 Å². The van der Waals surface area contributed by atoms with Crippen molar-refractivity contribution >= 4 is 15.9 Å². The van der Waals surface area contributed by atoms with Gasteiger partial charge in [0.2, 0.25) is 0 Å². The van der Waals surface area contributed by atoms with Gasteiger partial charge in [0.1, 0.15) is 0 Å². The van der Waals surface area contributed by atoms with Crippen molar-refractivity contribution in [1.82, 2.24) is 9.80 Å². The number of sulfone groups is 1. The zero-order valence-electron chi connectivity index (χ0n) is 12.4. The third-order valence-electron chi connectivity index (χ3n) is 3.74. The predicted molar refractivity (Wildman–Crippen MR) is 83.0 cm³/mol. The van der Waals surface area contributed by atoms with Gasteiger partial charge in [0, 0.05) is 26.7 Å². The standard InChI is InChI=1S/C15H22N2O3S/c1-16(9-5-8-14-6-3-2-4-7-14)15(18)17-10-12-21(19,20)13-11-17/h2-4,6-7H,5,8-13H2,1H3. The molecule has 0 aromatic heterocycles. The van der Waals surface area contributed by atoms with Crippen molar-refractivity contribution in [2.24, 2.45) is 0 Å². The second-order valence-corrected chi connectivity index (χ2v) is 7.74. The fraction of sp³-hybridized carbons (Fsp3) is 0.533. The van der Waals surface area contributed by atoms with Gasteiger partial charge < -0.3 is 9.80 Å². The molecule has 1 aromatic carbocycles. The quantitative estimate of drug-likeness (QED) is 0.845. The van der Waals surface area contributed by atoms with Gasteiger partial charge in [-0.1, -0.05) is 30.3 Å². The Kier molecular flexibility index (Phi) is 5.22. The predicted octanol–water partition coefficient (Wildman–Crippen LogP) is 1.40. The van der Waals surface area contributed by atoms with E-state index in [2.05, 4.69) is 12.1 Å². The van der Waals surface area contributed by atoms with Crippen LogP contribution in [0.2, 0.25) is 0 Å². The fourth-order valence-corrected chi connectivity index (χ4v) is 3.61. The maximum Gasteiger partial charge on any atom is 0.319 e. The number of amides is 2. The Balaban J connectivity index is 1.75. The fourth-order valence-electron chi connectivity index (χ4n) is 2.41. The third-order valence-corrected chi connectivity index (χ3v) is 5.35. The van der Waals surface area contributed by atoms with Crippen LogP contribution in [0.4, 0.5) is 4.79 Å². The smallest absolute Gasteiger partial charge is 0.319 e. The van der Waals surface area contributed by atoms with Gasteiger partial charge >= 0.3 is 6.03 Å². The molecule has 0 saturated carbocycles. The van der Waals surface area contributed by atoms with Crippen LogP contribution in [0.3, 0.4) is 0 Å². The summed E-state index contributed by atoms with van der Waals surface area (Å²) >= 11 is 0. The number of aryl methyl sites for hydroxylation is 1. The van der Waals surface area contributed by atoms with Gasteiger partial charge in [0.15, 0.2) is 9.84 Å². The Hall–Kier alpha value is -1.56. The monoisotopic (exact) mass is 310 g/mol. The van der Waals surface area contributed by atoms with Gasteiger partial charge in [0.05, 0.1) is 11.5 Å². The zero-order valence-corrected chi connectivity index (χ0v) is 13.2. The van der Waals surface area contributed by atoms with E-state index in [4.69, 9.17) is 0 Å². The first kappa shape index (κ1) is 15.8. The van der Waals surface area contributed by atoms with Gasteiger partial charge in [-0.25, -0.2) is 13.2 Å². The van der Waals surface area contributed by atoms with E-state index in [-0.39, 0.29) is 17.5 Å². The number of hydrogen-bond donors (Lipinski definition) is 0. The highest BCUT2D eigenvalue weighted by atomic mass is 32.2. The van der Waals surface area contributed by atoms with Crippen LogP contribution < -0.4 is 0 Å². The number of nitrogens with zero attached hydrogens (tertiary/aromatic N) is 2. The summed E-state index contributed by atoms with van der Waals surface area (Å²) in [6.07, 6.45) is 1.84. The SMILES string of the molecule is CN(CCCc1ccccc1)C(=O)N1CCS(=O)(=O)CC1. The van der Waals surface area contributed by atoms with E-state index in [0.717, 1.165) is 12.8 Å². The van der Waals surface area contributed by atoms with Crippen LogP contribution in [0, 0.1) is 0 Å². The van der Waals surface area contributed by atoms with E-state index >= 15 is 0 Å². The van der Waals surface area contributed by atoms with Gasteiger partial charge in [-0.15, -0.1) is 0 Å². The average Bonchev–Trinajstić information content (AvgIpc) is 2.47. The summed E-state index contributed by atoms with van der Waals surface area (Å²) in [4.78, 5) is 15.5. The highest BCUT2D eigenvalue weighted by Gasteiger charge is 2.26. The minimum Gasteiger partial charge on any atom is -0.328 e. The van der Waals surface area contributed by atoms with Crippen molar-refractivity contribution in [3.8, 4) is 0 Å². The first-order chi connectivity index (χ1) is 9.98. The molecule has 0 bridgehead atoms. The molecule has 5 nitrogen and oxygen atoms in total. The Morgan fingerprint density at radius 3 is 2.43 bits per heavy atom. The Morgan fingerprint density at radius 1 is 1.19 bits per heavy atom. The van der Waals surface area contributed by atoms with Gasteiger partial charge in [0.25, 0.3) is 0 Å². The number of carbonyl (C=O) groups is 1. The molecular formula is C15H22N2O3S. The summed E-state index contributed by atoms with van der Waals surface area (Å²) in [5.74, 6) is 0.160. The van der Waals surface area contributed by atoms with E-state index in [1.807, 2.05) is 18.2 Å². The molecule has 1 aromatic rings. The minimum atomic E-state index is -2.94. The van der Waals surface area contributed by atoms with Gasteiger partial charge in [-0.2, -0.15) is 0 Å². The molecule has 1 aliphatic rings. The molecule has 0 N–H and O–H groups in total. The molecule has 0 spiro atoms. The summed E-state index contributed by atoms with van der Waals surface area (Å²) in [6, 6.07) is 10.1. The van der Waals surface area contributed by atoms with Crippen molar-refractivity contribution in [2.75, 3.05) is 38.2 Å². The number of urea groups is 1. The van der Waals surface area contributed by atoms with Crippen molar-refractivity contribution < 1.29 is 13.2 Å². The first-order valence-electron chi connectivity index (χ1n) is 7.22. The van der Waals surface area contributed by atoms with Crippen molar-refractivity contribution in [3.63, 3.8) is 0 Å². The normalized spacial score (nSPS) is 17.5. The van der Waals surface area contributed by atoms with Crippen molar-refractivity contribution in [1.29, 1.82) is 0 Å². The largest absolute Gasteiger partial charge is 0.328 e. The Morgan fingerprint density at radius 2 is 1.81 bits per heavy atom. The van der Waals surface area contributed by atoms with E-state index in [9.17, 15) is 13.2 Å². The summed E-state index contributed by atoms with van der Waals surface area (Å²) in [7, 11) is -1.17. The molecule has 2 rings (SSSR count). The number of hydrogen-bond acceptors (Lipinski definition) is 3. The van der Waals surface area contributed by atoms with Crippen LogP contribution >= 0.6 is 0 Å². The molecule has 116 valence electrons. The highest BCUT2D eigenvalue weighted by Crippen LogP contribution is 2.08. The molecule has 1 heterocycles. The number of benzene rings is 1. The van der Waals surface area contributed by atoms with Crippen LogP contribution in [0.25, 0.3) is 0 Å². The molecular weight excluding hydrogens is 288 g/mol. The molecule has 1 aliphatic heterocycles. The number of carbonyl (C=O) groups excluding carboxylic acids is 1. The summed E-state index contributed by atoms with van der Waals surface area (Å²) in [5, 5.41) is 0. The van der Waals surface area contributed by atoms with Crippen LogP contribution in [0.1, 0.15) is 12.0 Å². The van der Waals surface area contributed by atoms with Crippen LogP contribution in [-0.4, -0.2) is 62.4 Å². The van der Waals surface area contributed by atoms with Crippen molar-refractivity contribution in [2.45, 2.75) is 12.8 Å². The summed E-state index contributed by atoms with van der Waals surface area (Å²) in [5.41, 5.74) is 1.27. The molecule has 21 heavy (non-hydrogen) atoms. The summed E-state index contributed by atoms with van der Waals surface area (Å²) < 4.78 is 22.7. The van der Waals surface area contributed by atoms with E-state index in [1.165, 1.54) is 5.56 Å². The lowest BCUT2D eigenvalue weighted by atomic mass is 10.1. The average molecular weight is 310 g/mol. The number of rotatable bonds is 4. The second kappa shape index (κ2) is 6.93. The minimum absolute atomic E-state index is 0.0713. The molecule has 0 radical (unpaired) electrons. The topological polar surface area (TPSA) is 57.7 Å². The lowest BCUT2D eigenvalue weighted by molar-refractivity contribution is 0.166. The first-order valence-corrected chi connectivity index (χ1v) is 9.04. The summed E-state index contributed by atoms with van der Waals surface area (Å²) in [6.45, 7) is 1.30. The Labute approximate surface area is 126 Å².